The Hall–Kier alpha value is -2.16. The molecular formula is C27H40O9. The van der Waals surface area contributed by atoms with Gasteiger partial charge in [0.25, 0.3) is 0 Å². The van der Waals surface area contributed by atoms with E-state index in [4.69, 9.17) is 18.9 Å². The highest BCUT2D eigenvalue weighted by molar-refractivity contribution is 5.75. The average molecular weight is 509 g/mol. The molecule has 9 heteroatoms. The molecule has 0 unspecified atom stereocenters. The van der Waals surface area contributed by atoms with Crippen LogP contribution in [0.2, 0.25) is 0 Å². The fraction of sp³-hybridized carbons (Fsp3) is 0.852. The lowest BCUT2D eigenvalue weighted by Gasteiger charge is -2.66. The summed E-state index contributed by atoms with van der Waals surface area (Å²) in [5, 5.41) is 12.5. The lowest BCUT2D eigenvalue weighted by Crippen LogP contribution is -2.73. The largest absolute Gasteiger partial charge is 0.469 e. The topological polar surface area (TPSA) is 125 Å². The predicted molar refractivity (Wildman–Crippen MR) is 126 cm³/mol. The summed E-state index contributed by atoms with van der Waals surface area (Å²) in [6.45, 7) is 7.99. The molecule has 0 heterocycles. The van der Waals surface area contributed by atoms with Crippen molar-refractivity contribution in [3.8, 4) is 0 Å². The summed E-state index contributed by atoms with van der Waals surface area (Å²) < 4.78 is 22.6. The van der Waals surface area contributed by atoms with Crippen molar-refractivity contribution in [2.75, 3.05) is 7.11 Å². The average Bonchev–Trinajstić information content (AvgIpc) is 3.07. The number of carbonyl (C=O) groups is 4. The monoisotopic (exact) mass is 508 g/mol. The summed E-state index contributed by atoms with van der Waals surface area (Å²) in [4.78, 5) is 49.4. The molecule has 36 heavy (non-hydrogen) atoms. The van der Waals surface area contributed by atoms with Gasteiger partial charge in [-0.25, -0.2) is 0 Å². The first-order valence-corrected chi connectivity index (χ1v) is 13.1. The quantitative estimate of drug-likeness (QED) is 0.451. The fourth-order valence-corrected chi connectivity index (χ4v) is 8.76. The SMILES string of the molecule is COC(=O)[C@H]1CC[C@]2(O)[C@@H]3CC[C@@H]4C[C@@H](OC(C)=O)CC[C@]4(C)[C@H]3[C@H](OC(C)=O)[C@@H](OC(C)=O)[C@]12C. The fourth-order valence-electron chi connectivity index (χ4n) is 8.76. The van der Waals surface area contributed by atoms with E-state index in [2.05, 4.69) is 6.92 Å². The van der Waals surface area contributed by atoms with Crippen LogP contribution in [-0.4, -0.2) is 60.0 Å². The highest BCUT2D eigenvalue weighted by Gasteiger charge is 2.76. The minimum Gasteiger partial charge on any atom is -0.469 e. The number of esters is 4. The van der Waals surface area contributed by atoms with Crippen molar-refractivity contribution in [2.24, 2.45) is 34.5 Å². The van der Waals surface area contributed by atoms with Gasteiger partial charge in [-0.15, -0.1) is 0 Å². The number of fused-ring (bicyclic) bond motifs is 5. The van der Waals surface area contributed by atoms with Gasteiger partial charge in [0.05, 0.1) is 24.0 Å². The van der Waals surface area contributed by atoms with Crippen molar-refractivity contribution in [1.29, 1.82) is 0 Å². The van der Waals surface area contributed by atoms with Gasteiger partial charge < -0.3 is 24.1 Å². The first-order valence-electron chi connectivity index (χ1n) is 13.1. The van der Waals surface area contributed by atoms with E-state index in [9.17, 15) is 24.3 Å². The molecule has 0 bridgehead atoms. The molecule has 0 aromatic carbocycles. The summed E-state index contributed by atoms with van der Waals surface area (Å²) in [5.41, 5.74) is -2.85. The first kappa shape index (κ1) is 26.9. The van der Waals surface area contributed by atoms with E-state index >= 15 is 0 Å². The van der Waals surface area contributed by atoms with E-state index in [1.165, 1.54) is 27.9 Å². The molecule has 4 saturated carbocycles. The Morgan fingerprint density at radius 2 is 1.47 bits per heavy atom. The van der Waals surface area contributed by atoms with Crippen molar-refractivity contribution in [2.45, 2.75) is 103 Å². The standard InChI is InChI=1S/C27H40O9/c1-14(28)34-18-9-11-25(4)17(13-18)7-8-19-21(25)22(35-15(2)29)23(36-16(3)30)26(5)20(24(31)33-6)10-12-27(19,26)32/h17-23,32H,7-13H2,1-6H3/t17-,18+,19-,20-,21-,22+,23-,25+,26+,27+/m1/s1. The zero-order valence-electron chi connectivity index (χ0n) is 22.2. The summed E-state index contributed by atoms with van der Waals surface area (Å²) in [6.07, 6.45) is 2.32. The van der Waals surface area contributed by atoms with E-state index in [1.807, 2.05) is 0 Å². The van der Waals surface area contributed by atoms with Gasteiger partial charge in [0.1, 0.15) is 18.3 Å². The van der Waals surface area contributed by atoms with Crippen LogP contribution in [-0.2, 0) is 38.1 Å². The zero-order chi connectivity index (χ0) is 26.6. The van der Waals surface area contributed by atoms with E-state index in [1.54, 1.807) is 6.92 Å². The van der Waals surface area contributed by atoms with Gasteiger partial charge in [0.15, 0.2) is 0 Å². The van der Waals surface area contributed by atoms with Crippen LogP contribution >= 0.6 is 0 Å². The van der Waals surface area contributed by atoms with Crippen LogP contribution in [0.1, 0.15) is 79.6 Å². The number of ether oxygens (including phenoxy) is 4. The minimum atomic E-state index is -1.31. The molecule has 0 aliphatic heterocycles. The van der Waals surface area contributed by atoms with Crippen molar-refractivity contribution in [3.05, 3.63) is 0 Å². The van der Waals surface area contributed by atoms with E-state index in [0.29, 0.717) is 38.5 Å². The van der Waals surface area contributed by atoms with Crippen LogP contribution in [0, 0.1) is 34.5 Å². The maximum atomic E-state index is 12.9. The van der Waals surface area contributed by atoms with Gasteiger partial charge in [0.2, 0.25) is 0 Å². The molecule has 10 atom stereocenters. The molecule has 0 amide bonds. The third kappa shape index (κ3) is 3.92. The molecule has 0 saturated heterocycles. The van der Waals surface area contributed by atoms with Crippen LogP contribution in [0.25, 0.3) is 0 Å². The smallest absolute Gasteiger partial charge is 0.309 e. The predicted octanol–water partition coefficient (Wildman–Crippen LogP) is 2.95. The molecule has 9 nitrogen and oxygen atoms in total. The van der Waals surface area contributed by atoms with Crippen molar-refractivity contribution < 1.29 is 43.2 Å². The molecule has 0 spiro atoms. The zero-order valence-corrected chi connectivity index (χ0v) is 22.2. The molecule has 202 valence electrons. The Morgan fingerprint density at radius 1 is 0.833 bits per heavy atom. The molecule has 4 aliphatic rings. The second kappa shape index (κ2) is 9.30. The third-order valence-corrected chi connectivity index (χ3v) is 10.2. The Bertz CT molecular complexity index is 932. The lowest BCUT2D eigenvalue weighted by molar-refractivity contribution is -0.292. The Balaban J connectivity index is 1.83. The number of carbonyl (C=O) groups excluding carboxylic acids is 4. The third-order valence-electron chi connectivity index (χ3n) is 10.2. The molecule has 4 rings (SSSR count). The van der Waals surface area contributed by atoms with Crippen LogP contribution < -0.4 is 0 Å². The van der Waals surface area contributed by atoms with Crippen LogP contribution in [0.4, 0.5) is 0 Å². The maximum absolute atomic E-state index is 12.9. The van der Waals surface area contributed by atoms with Crippen LogP contribution in [0.5, 0.6) is 0 Å². The molecule has 0 radical (unpaired) electrons. The van der Waals surface area contributed by atoms with Gasteiger partial charge in [-0.1, -0.05) is 13.8 Å². The van der Waals surface area contributed by atoms with Crippen LogP contribution in [0.15, 0.2) is 0 Å². The Kier molecular flexibility index (Phi) is 6.94. The second-order valence-electron chi connectivity index (χ2n) is 11.8. The molecule has 0 aromatic rings. The van der Waals surface area contributed by atoms with E-state index in [-0.39, 0.29) is 35.2 Å². The summed E-state index contributed by atoms with van der Waals surface area (Å²) in [5.74, 6) is -2.92. The molecule has 4 fully saturated rings. The highest BCUT2D eigenvalue weighted by atomic mass is 16.6. The van der Waals surface area contributed by atoms with Gasteiger partial charge in [-0.2, -0.15) is 0 Å². The number of aliphatic hydroxyl groups is 1. The normalized spacial score (nSPS) is 45.4. The molecule has 1 N–H and O–H groups in total. The number of hydrogen-bond donors (Lipinski definition) is 1. The second-order valence-corrected chi connectivity index (χ2v) is 11.8. The lowest BCUT2D eigenvalue weighted by atomic mass is 9.41. The van der Waals surface area contributed by atoms with Gasteiger partial charge in [-0.05, 0) is 62.2 Å². The molecular weight excluding hydrogens is 468 g/mol. The first-order chi connectivity index (χ1) is 16.8. The van der Waals surface area contributed by atoms with Gasteiger partial charge in [0, 0.05) is 26.7 Å². The minimum absolute atomic E-state index is 0.166. The summed E-state index contributed by atoms with van der Waals surface area (Å²) in [7, 11) is 1.31. The Labute approximate surface area is 212 Å². The summed E-state index contributed by atoms with van der Waals surface area (Å²) >= 11 is 0. The summed E-state index contributed by atoms with van der Waals surface area (Å²) in [6, 6.07) is 0. The van der Waals surface area contributed by atoms with Crippen molar-refractivity contribution >= 4 is 23.9 Å². The van der Waals surface area contributed by atoms with Crippen molar-refractivity contribution in [3.63, 3.8) is 0 Å². The Morgan fingerprint density at radius 3 is 2.06 bits per heavy atom. The number of hydrogen-bond acceptors (Lipinski definition) is 9. The maximum Gasteiger partial charge on any atom is 0.309 e. The number of methoxy groups -OCH3 is 1. The van der Waals surface area contributed by atoms with Crippen molar-refractivity contribution in [1.82, 2.24) is 0 Å². The highest BCUT2D eigenvalue weighted by Crippen LogP contribution is 2.70. The van der Waals surface area contributed by atoms with Crippen LogP contribution in [0.3, 0.4) is 0 Å². The van der Waals surface area contributed by atoms with E-state index in [0.717, 1.165) is 6.42 Å². The number of rotatable bonds is 4. The molecule has 0 aromatic heterocycles. The molecule has 4 aliphatic carbocycles. The van der Waals surface area contributed by atoms with Gasteiger partial charge >= 0.3 is 23.9 Å². The van der Waals surface area contributed by atoms with E-state index < -0.39 is 47.0 Å². The van der Waals surface area contributed by atoms with Gasteiger partial charge in [-0.3, -0.25) is 19.2 Å².